The average Bonchev–Trinajstić information content (AvgIpc) is 3.27. The Bertz CT molecular complexity index is 1160. The Morgan fingerprint density at radius 3 is 2.53 bits per heavy atom. The third-order valence-corrected chi connectivity index (χ3v) is 5.14. The maximum Gasteiger partial charge on any atom is 0.220 e. The molecule has 1 amide bonds. The van der Waals surface area contributed by atoms with Crippen LogP contribution in [0.15, 0.2) is 85.3 Å². The van der Waals surface area contributed by atoms with Gasteiger partial charge < -0.3 is 10.1 Å². The largest absolute Gasteiger partial charge is 0.493 e. The number of amides is 1. The Labute approximate surface area is 187 Å². The fourth-order valence-electron chi connectivity index (χ4n) is 3.42. The number of aryl methyl sites for hydroxylation is 1. The fourth-order valence-corrected chi connectivity index (χ4v) is 3.42. The van der Waals surface area contributed by atoms with E-state index in [9.17, 15) is 4.79 Å². The molecule has 2 aromatic heterocycles. The highest BCUT2D eigenvalue weighted by molar-refractivity contribution is 5.76. The van der Waals surface area contributed by atoms with Gasteiger partial charge in [0.05, 0.1) is 18.0 Å². The van der Waals surface area contributed by atoms with Crippen molar-refractivity contribution >= 4 is 5.91 Å². The molecule has 6 heteroatoms. The quantitative estimate of drug-likeness (QED) is 0.393. The predicted octanol–water partition coefficient (Wildman–Crippen LogP) is 4.72. The Morgan fingerprint density at radius 2 is 1.75 bits per heavy atom. The molecule has 4 aromatic rings. The summed E-state index contributed by atoms with van der Waals surface area (Å²) in [7, 11) is 0. The fraction of sp³-hybridized carbons (Fsp3) is 0.192. The van der Waals surface area contributed by atoms with Crippen molar-refractivity contribution in [3.05, 3.63) is 96.4 Å². The molecule has 4 rings (SSSR count). The molecule has 0 unspecified atom stereocenters. The lowest BCUT2D eigenvalue weighted by atomic mass is 10.1. The van der Waals surface area contributed by atoms with Crippen molar-refractivity contribution in [2.75, 3.05) is 6.61 Å². The zero-order valence-electron chi connectivity index (χ0n) is 18.1. The molecule has 162 valence electrons. The van der Waals surface area contributed by atoms with Crippen LogP contribution in [0, 0.1) is 6.92 Å². The molecule has 32 heavy (non-hydrogen) atoms. The van der Waals surface area contributed by atoms with Gasteiger partial charge in [0.25, 0.3) is 0 Å². The van der Waals surface area contributed by atoms with Crippen LogP contribution in [0.5, 0.6) is 5.75 Å². The van der Waals surface area contributed by atoms with Gasteiger partial charge in [-0.1, -0.05) is 36.4 Å². The molecule has 2 aromatic carbocycles. The van der Waals surface area contributed by atoms with E-state index < -0.39 is 0 Å². The van der Waals surface area contributed by atoms with Gasteiger partial charge in [-0.3, -0.25) is 9.78 Å². The molecule has 0 spiro atoms. The predicted molar refractivity (Wildman–Crippen MR) is 125 cm³/mol. The zero-order chi connectivity index (χ0) is 22.2. The van der Waals surface area contributed by atoms with Crippen LogP contribution >= 0.6 is 0 Å². The molecule has 0 aliphatic carbocycles. The molecular formula is C26H26N4O2. The first-order chi connectivity index (χ1) is 15.7. The maximum absolute atomic E-state index is 12.4. The summed E-state index contributed by atoms with van der Waals surface area (Å²) in [6, 6.07) is 21.7. The number of pyridine rings is 1. The van der Waals surface area contributed by atoms with Crippen molar-refractivity contribution in [3.63, 3.8) is 0 Å². The number of carbonyl (C=O) groups excluding carboxylic acids is 1. The summed E-state index contributed by atoms with van der Waals surface area (Å²) in [6.07, 6.45) is 6.51. The van der Waals surface area contributed by atoms with Crippen LogP contribution in [-0.2, 0) is 11.3 Å². The number of nitrogens with one attached hydrogen (secondary N) is 1. The van der Waals surface area contributed by atoms with Crippen LogP contribution in [-0.4, -0.2) is 27.3 Å². The van der Waals surface area contributed by atoms with Crippen molar-refractivity contribution in [2.24, 2.45) is 0 Å². The Hall–Kier alpha value is -3.93. The molecule has 0 aliphatic rings. The van der Waals surface area contributed by atoms with E-state index in [0.717, 1.165) is 33.8 Å². The second kappa shape index (κ2) is 10.4. The lowest BCUT2D eigenvalue weighted by molar-refractivity contribution is -0.121. The van der Waals surface area contributed by atoms with Gasteiger partial charge in [0.15, 0.2) is 0 Å². The number of benzene rings is 2. The minimum Gasteiger partial charge on any atom is -0.493 e. The topological polar surface area (TPSA) is 69.0 Å². The van der Waals surface area contributed by atoms with Gasteiger partial charge in [-0.15, -0.1) is 0 Å². The third kappa shape index (κ3) is 5.40. The molecule has 0 fully saturated rings. The second-order valence-electron chi connectivity index (χ2n) is 7.51. The monoisotopic (exact) mass is 426 g/mol. The lowest BCUT2D eigenvalue weighted by Gasteiger charge is -2.09. The van der Waals surface area contributed by atoms with Crippen molar-refractivity contribution in [1.29, 1.82) is 0 Å². The van der Waals surface area contributed by atoms with Gasteiger partial charge in [-0.05, 0) is 49.2 Å². The number of carbonyl (C=O) groups is 1. The molecule has 6 nitrogen and oxygen atoms in total. The van der Waals surface area contributed by atoms with Crippen LogP contribution in [0.3, 0.4) is 0 Å². The average molecular weight is 427 g/mol. The standard InChI is InChI=1S/C26H26N4O2/c1-20-8-5-6-11-24(20)32-17-7-12-25(31)28-18-22-19-30(23-9-3-2-4-10-23)29-26(22)21-13-15-27-16-14-21/h2-6,8-11,13-16,19H,7,12,17-18H2,1H3,(H,28,31). The van der Waals surface area contributed by atoms with Crippen molar-refractivity contribution in [3.8, 4) is 22.7 Å². The van der Waals surface area contributed by atoms with Crippen molar-refractivity contribution in [2.45, 2.75) is 26.3 Å². The maximum atomic E-state index is 12.4. The Kier molecular flexibility index (Phi) is 6.92. The molecule has 0 atom stereocenters. The van der Waals surface area contributed by atoms with Gasteiger partial charge in [-0.25, -0.2) is 4.68 Å². The zero-order valence-corrected chi connectivity index (χ0v) is 18.1. The van der Waals surface area contributed by atoms with E-state index in [2.05, 4.69) is 10.3 Å². The normalized spacial score (nSPS) is 10.7. The highest BCUT2D eigenvalue weighted by Gasteiger charge is 2.13. The number of nitrogens with zero attached hydrogens (tertiary/aromatic N) is 3. The third-order valence-electron chi connectivity index (χ3n) is 5.14. The highest BCUT2D eigenvalue weighted by atomic mass is 16.5. The minimum absolute atomic E-state index is 0.00785. The van der Waals surface area contributed by atoms with Crippen molar-refractivity contribution in [1.82, 2.24) is 20.1 Å². The summed E-state index contributed by atoms with van der Waals surface area (Å²) in [4.78, 5) is 16.5. The number of ether oxygens (including phenoxy) is 1. The van der Waals surface area contributed by atoms with E-state index in [1.807, 2.05) is 84.5 Å². The minimum atomic E-state index is -0.00785. The van der Waals surface area contributed by atoms with Gasteiger partial charge in [0.1, 0.15) is 5.75 Å². The molecule has 1 N–H and O–H groups in total. The van der Waals surface area contributed by atoms with E-state index >= 15 is 0 Å². The lowest BCUT2D eigenvalue weighted by Crippen LogP contribution is -2.23. The van der Waals surface area contributed by atoms with Gasteiger partial charge in [0.2, 0.25) is 5.91 Å². The SMILES string of the molecule is Cc1ccccc1OCCCC(=O)NCc1cn(-c2ccccc2)nc1-c1ccncc1. The van der Waals surface area contributed by atoms with Crippen LogP contribution < -0.4 is 10.1 Å². The van der Waals surface area contributed by atoms with Crippen LogP contribution in [0.2, 0.25) is 0 Å². The first kappa shape index (κ1) is 21.3. The summed E-state index contributed by atoms with van der Waals surface area (Å²) < 4.78 is 7.62. The number of para-hydroxylation sites is 2. The van der Waals surface area contributed by atoms with E-state index in [-0.39, 0.29) is 5.91 Å². The molecular weight excluding hydrogens is 400 g/mol. The van der Waals surface area contributed by atoms with E-state index in [0.29, 0.717) is 26.0 Å². The molecule has 0 saturated heterocycles. The summed E-state index contributed by atoms with van der Waals surface area (Å²) >= 11 is 0. The van der Waals surface area contributed by atoms with Crippen molar-refractivity contribution < 1.29 is 9.53 Å². The number of aromatic nitrogens is 3. The van der Waals surface area contributed by atoms with E-state index in [1.54, 1.807) is 12.4 Å². The van der Waals surface area contributed by atoms with E-state index in [1.165, 1.54) is 0 Å². The smallest absolute Gasteiger partial charge is 0.220 e. The van der Waals surface area contributed by atoms with Gasteiger partial charge in [0, 0.05) is 42.7 Å². The summed E-state index contributed by atoms with van der Waals surface area (Å²) in [6.45, 7) is 2.92. The first-order valence-electron chi connectivity index (χ1n) is 10.7. The van der Waals surface area contributed by atoms with Gasteiger partial charge in [-0.2, -0.15) is 5.10 Å². The summed E-state index contributed by atoms with van der Waals surface area (Å²) in [5, 5.41) is 7.78. The summed E-state index contributed by atoms with van der Waals surface area (Å²) in [5.74, 6) is 0.856. The second-order valence-corrected chi connectivity index (χ2v) is 7.51. The molecule has 2 heterocycles. The van der Waals surface area contributed by atoms with Crippen LogP contribution in [0.1, 0.15) is 24.0 Å². The number of hydrogen-bond acceptors (Lipinski definition) is 4. The molecule has 0 bridgehead atoms. The van der Waals surface area contributed by atoms with Crippen LogP contribution in [0.25, 0.3) is 16.9 Å². The molecule has 0 saturated carbocycles. The summed E-state index contributed by atoms with van der Waals surface area (Å²) in [5.41, 5.74) is 4.80. The number of hydrogen-bond donors (Lipinski definition) is 1. The van der Waals surface area contributed by atoms with Gasteiger partial charge >= 0.3 is 0 Å². The molecule has 0 aliphatic heterocycles. The first-order valence-corrected chi connectivity index (χ1v) is 10.7. The molecule has 0 radical (unpaired) electrons. The Balaban J connectivity index is 1.37. The Morgan fingerprint density at radius 1 is 1.00 bits per heavy atom. The highest BCUT2D eigenvalue weighted by Crippen LogP contribution is 2.23. The van der Waals surface area contributed by atoms with E-state index in [4.69, 9.17) is 9.84 Å². The van der Waals surface area contributed by atoms with Crippen LogP contribution in [0.4, 0.5) is 0 Å². The number of rotatable bonds is 9.